The molecule has 1 unspecified atom stereocenters. The number of ether oxygens (including phenoxy) is 2. The van der Waals surface area contributed by atoms with Crippen molar-refractivity contribution in [2.75, 3.05) is 33.4 Å². The number of furan rings is 1. The molecule has 9 heteroatoms. The Morgan fingerprint density at radius 3 is 2.90 bits per heavy atom. The van der Waals surface area contributed by atoms with Gasteiger partial charge >= 0.3 is 0 Å². The van der Waals surface area contributed by atoms with Crippen molar-refractivity contribution in [3.05, 3.63) is 16.5 Å². The Kier molecular flexibility index (Phi) is 5.58. The Bertz CT molecular complexity index is 539. The van der Waals surface area contributed by atoms with Crippen molar-refractivity contribution in [1.82, 2.24) is 10.0 Å². The summed E-state index contributed by atoms with van der Waals surface area (Å²) >= 11 is 3.12. The number of hydrogen-bond acceptors (Lipinski definition) is 6. The number of sulfonamides is 1. The first kappa shape index (κ1) is 15.9. The van der Waals surface area contributed by atoms with E-state index >= 15 is 0 Å². The molecule has 0 bridgehead atoms. The van der Waals surface area contributed by atoms with Gasteiger partial charge in [-0.3, -0.25) is 0 Å². The second-order valence-corrected chi connectivity index (χ2v) is 6.76. The van der Waals surface area contributed by atoms with E-state index in [1.807, 2.05) is 0 Å². The summed E-state index contributed by atoms with van der Waals surface area (Å²) in [4.78, 5) is 0.0828. The standard InChI is InChI=1S/C11H17BrN2O5S/c1-13-5-8-4-10(11(12)19-8)20(15,16)14-6-9-7-17-2-3-18-9/h4,9,13-14H,2-3,5-7H2,1H3. The zero-order chi connectivity index (χ0) is 14.6. The predicted molar refractivity (Wildman–Crippen MR) is 74.9 cm³/mol. The average Bonchev–Trinajstić information content (AvgIpc) is 2.80. The topological polar surface area (TPSA) is 89.8 Å². The molecule has 0 radical (unpaired) electrons. The lowest BCUT2D eigenvalue weighted by Gasteiger charge is -2.22. The van der Waals surface area contributed by atoms with Crippen LogP contribution in [0.25, 0.3) is 0 Å². The maximum absolute atomic E-state index is 12.2. The summed E-state index contributed by atoms with van der Waals surface area (Å²) in [6.45, 7) is 2.03. The number of halogens is 1. The van der Waals surface area contributed by atoms with E-state index in [0.717, 1.165) is 0 Å². The van der Waals surface area contributed by atoms with Crippen molar-refractivity contribution < 1.29 is 22.3 Å². The molecule has 2 rings (SSSR count). The van der Waals surface area contributed by atoms with Gasteiger partial charge in [0.15, 0.2) is 4.67 Å². The highest BCUT2D eigenvalue weighted by molar-refractivity contribution is 9.10. The zero-order valence-electron chi connectivity index (χ0n) is 11.0. The second-order valence-electron chi connectivity index (χ2n) is 4.30. The smallest absolute Gasteiger partial charge is 0.245 e. The van der Waals surface area contributed by atoms with Gasteiger partial charge in [-0.25, -0.2) is 13.1 Å². The van der Waals surface area contributed by atoms with Gasteiger partial charge in [0.25, 0.3) is 0 Å². The van der Waals surface area contributed by atoms with Crippen LogP contribution in [0.5, 0.6) is 0 Å². The van der Waals surface area contributed by atoms with E-state index in [0.29, 0.717) is 32.1 Å². The molecule has 1 aromatic heterocycles. The summed E-state index contributed by atoms with van der Waals surface area (Å²) in [6, 6.07) is 1.49. The van der Waals surface area contributed by atoms with Crippen LogP contribution in [0.1, 0.15) is 5.76 Å². The van der Waals surface area contributed by atoms with E-state index in [9.17, 15) is 8.42 Å². The van der Waals surface area contributed by atoms with E-state index < -0.39 is 10.0 Å². The summed E-state index contributed by atoms with van der Waals surface area (Å²) < 4.78 is 43.0. The lowest BCUT2D eigenvalue weighted by molar-refractivity contribution is -0.0846. The monoisotopic (exact) mass is 368 g/mol. The maximum atomic E-state index is 12.2. The highest BCUT2D eigenvalue weighted by atomic mass is 79.9. The third-order valence-electron chi connectivity index (χ3n) is 2.73. The largest absolute Gasteiger partial charge is 0.452 e. The molecule has 1 aromatic rings. The average molecular weight is 369 g/mol. The Labute approximate surface area is 126 Å². The normalized spacial score (nSPS) is 20.2. The van der Waals surface area contributed by atoms with Gasteiger partial charge in [-0.15, -0.1) is 0 Å². The van der Waals surface area contributed by atoms with E-state index in [2.05, 4.69) is 26.0 Å². The number of nitrogens with one attached hydrogen (secondary N) is 2. The molecule has 2 heterocycles. The minimum Gasteiger partial charge on any atom is -0.452 e. The molecule has 2 N–H and O–H groups in total. The van der Waals surface area contributed by atoms with Crippen LogP contribution < -0.4 is 10.0 Å². The van der Waals surface area contributed by atoms with Crippen LogP contribution in [-0.4, -0.2) is 47.9 Å². The molecular weight excluding hydrogens is 352 g/mol. The molecule has 1 atom stereocenters. The van der Waals surface area contributed by atoms with Gasteiger partial charge in [-0.1, -0.05) is 0 Å². The van der Waals surface area contributed by atoms with Crippen LogP contribution in [0, 0.1) is 0 Å². The van der Waals surface area contributed by atoms with Gasteiger partial charge in [0.2, 0.25) is 10.0 Å². The number of rotatable bonds is 6. The molecule has 7 nitrogen and oxygen atoms in total. The molecule has 0 amide bonds. The molecule has 0 aliphatic carbocycles. The van der Waals surface area contributed by atoms with Gasteiger partial charge in [0, 0.05) is 12.6 Å². The third-order valence-corrected chi connectivity index (χ3v) is 5.01. The summed E-state index contributed by atoms with van der Waals surface area (Å²) in [5, 5.41) is 2.89. The molecule has 1 aliphatic rings. The fourth-order valence-electron chi connectivity index (χ4n) is 1.78. The Morgan fingerprint density at radius 2 is 2.25 bits per heavy atom. The molecule has 0 saturated carbocycles. The molecule has 20 heavy (non-hydrogen) atoms. The molecule has 1 fully saturated rings. The van der Waals surface area contributed by atoms with Gasteiger partial charge in [0.1, 0.15) is 10.7 Å². The first-order valence-corrected chi connectivity index (χ1v) is 8.42. The van der Waals surface area contributed by atoms with Crippen LogP contribution in [0.2, 0.25) is 0 Å². The van der Waals surface area contributed by atoms with Crippen molar-refractivity contribution in [3.8, 4) is 0 Å². The fourth-order valence-corrected chi connectivity index (χ4v) is 3.84. The van der Waals surface area contributed by atoms with E-state index in [4.69, 9.17) is 13.9 Å². The first-order valence-electron chi connectivity index (χ1n) is 6.15. The van der Waals surface area contributed by atoms with Crippen molar-refractivity contribution >= 4 is 26.0 Å². The Morgan fingerprint density at radius 1 is 1.45 bits per heavy atom. The molecule has 114 valence electrons. The highest BCUT2D eigenvalue weighted by Gasteiger charge is 2.24. The lowest BCUT2D eigenvalue weighted by Crippen LogP contribution is -2.39. The van der Waals surface area contributed by atoms with Crippen molar-refractivity contribution in [2.45, 2.75) is 17.5 Å². The zero-order valence-corrected chi connectivity index (χ0v) is 13.4. The maximum Gasteiger partial charge on any atom is 0.245 e. The van der Waals surface area contributed by atoms with Gasteiger partial charge in [-0.05, 0) is 23.0 Å². The van der Waals surface area contributed by atoms with Crippen LogP contribution in [0.4, 0.5) is 0 Å². The predicted octanol–water partition coefficient (Wildman–Crippen LogP) is 0.455. The summed E-state index contributed by atoms with van der Waals surface area (Å²) in [6.07, 6.45) is -0.263. The number of hydrogen-bond donors (Lipinski definition) is 2. The molecule has 0 spiro atoms. The highest BCUT2D eigenvalue weighted by Crippen LogP contribution is 2.26. The van der Waals surface area contributed by atoms with Gasteiger partial charge in [0.05, 0.1) is 32.5 Å². The van der Waals surface area contributed by atoms with Crippen LogP contribution in [0.3, 0.4) is 0 Å². The Hall–Kier alpha value is -0.450. The lowest BCUT2D eigenvalue weighted by atomic mass is 10.3. The Balaban J connectivity index is 2.01. The quantitative estimate of drug-likeness (QED) is 0.757. The summed E-state index contributed by atoms with van der Waals surface area (Å²) in [7, 11) is -1.89. The fraction of sp³-hybridized carbons (Fsp3) is 0.636. The second kappa shape index (κ2) is 7.01. The minimum atomic E-state index is -3.64. The first-order chi connectivity index (χ1) is 9.53. The van der Waals surface area contributed by atoms with E-state index in [-0.39, 0.29) is 22.2 Å². The van der Waals surface area contributed by atoms with E-state index in [1.54, 1.807) is 7.05 Å². The molecule has 0 aromatic carbocycles. The molecular formula is C11H17BrN2O5S. The van der Waals surface area contributed by atoms with Crippen LogP contribution >= 0.6 is 15.9 Å². The molecule has 1 aliphatic heterocycles. The van der Waals surface area contributed by atoms with Gasteiger partial charge in [-0.2, -0.15) is 0 Å². The van der Waals surface area contributed by atoms with Crippen molar-refractivity contribution in [3.63, 3.8) is 0 Å². The van der Waals surface area contributed by atoms with Crippen LogP contribution in [-0.2, 0) is 26.0 Å². The summed E-state index contributed by atoms with van der Waals surface area (Å²) in [5.41, 5.74) is 0. The van der Waals surface area contributed by atoms with E-state index in [1.165, 1.54) is 6.07 Å². The summed E-state index contributed by atoms with van der Waals surface area (Å²) in [5.74, 6) is 0.539. The SMILES string of the molecule is CNCc1cc(S(=O)(=O)NCC2COCCO2)c(Br)o1. The minimum absolute atomic E-state index is 0.0828. The van der Waals surface area contributed by atoms with Crippen LogP contribution in [0.15, 0.2) is 20.0 Å². The van der Waals surface area contributed by atoms with Crippen molar-refractivity contribution in [2.24, 2.45) is 0 Å². The van der Waals surface area contributed by atoms with Crippen molar-refractivity contribution in [1.29, 1.82) is 0 Å². The van der Waals surface area contributed by atoms with Gasteiger partial charge < -0.3 is 19.2 Å². The molecule has 1 saturated heterocycles. The third kappa shape index (κ3) is 4.03.